The Morgan fingerprint density at radius 1 is 0.225 bits per heavy atom. The maximum atomic E-state index is 2.37. The Labute approximate surface area is 233 Å². The summed E-state index contributed by atoms with van der Waals surface area (Å²) in [6, 6.07) is 57.5. The van der Waals surface area contributed by atoms with Crippen molar-refractivity contribution in [2.24, 2.45) is 0 Å². The molecule has 0 aliphatic rings. The highest BCUT2D eigenvalue weighted by Crippen LogP contribution is 2.44. The molecule has 0 radical (unpaired) electrons. The van der Waals surface area contributed by atoms with Gasteiger partial charge in [-0.15, -0.1) is 0 Å². The van der Waals surface area contributed by atoms with Crippen molar-refractivity contribution in [1.82, 2.24) is 0 Å². The molecule has 0 amide bonds. The molecule has 0 aliphatic carbocycles. The van der Waals surface area contributed by atoms with E-state index in [9.17, 15) is 0 Å². The molecule has 0 nitrogen and oxygen atoms in total. The lowest BCUT2D eigenvalue weighted by atomic mass is 9.85. The van der Waals surface area contributed by atoms with Crippen LogP contribution in [0.1, 0.15) is 0 Å². The fourth-order valence-electron chi connectivity index (χ4n) is 6.38. The molecule has 0 atom stereocenters. The second-order valence-electron chi connectivity index (χ2n) is 10.5. The Kier molecular flexibility index (Phi) is 5.24. The molecule has 0 saturated carbocycles. The van der Waals surface area contributed by atoms with Gasteiger partial charge in [-0.1, -0.05) is 152 Å². The molecular weight excluding hydrogens is 480 g/mol. The molecule has 8 aromatic rings. The number of rotatable bonds is 3. The van der Waals surface area contributed by atoms with Gasteiger partial charge in [0.2, 0.25) is 0 Å². The SMILES string of the molecule is c1ccc(-c2ccc(-c3c4ccccc4c(-c4ccc5c(ccc6ccccc65)c4)c4ccccc34)cc2)cc1. The molecule has 0 aliphatic heterocycles. The van der Waals surface area contributed by atoms with Crippen LogP contribution in [0.25, 0.3) is 76.5 Å². The second kappa shape index (κ2) is 9.22. The van der Waals surface area contributed by atoms with Gasteiger partial charge in [0, 0.05) is 0 Å². The Morgan fingerprint density at radius 3 is 1.30 bits per heavy atom. The summed E-state index contributed by atoms with van der Waals surface area (Å²) in [5, 5.41) is 10.3. The van der Waals surface area contributed by atoms with Gasteiger partial charge in [0.1, 0.15) is 0 Å². The maximum Gasteiger partial charge on any atom is -0.00262 e. The van der Waals surface area contributed by atoms with E-state index >= 15 is 0 Å². The predicted octanol–water partition coefficient (Wildman–Crippen LogP) is 11.3. The molecule has 0 N–H and O–H groups in total. The zero-order chi connectivity index (χ0) is 26.5. The lowest BCUT2D eigenvalue weighted by Gasteiger charge is -2.18. The van der Waals surface area contributed by atoms with Crippen LogP contribution < -0.4 is 0 Å². The summed E-state index contributed by atoms with van der Waals surface area (Å²) in [6.45, 7) is 0. The number of fused-ring (bicyclic) bond motifs is 5. The third-order valence-corrected chi connectivity index (χ3v) is 8.25. The van der Waals surface area contributed by atoms with Gasteiger partial charge in [-0.05, 0) is 82.5 Å². The van der Waals surface area contributed by atoms with Crippen molar-refractivity contribution >= 4 is 43.1 Å². The van der Waals surface area contributed by atoms with Crippen molar-refractivity contribution < 1.29 is 0 Å². The Bertz CT molecular complexity index is 2130. The fourth-order valence-corrected chi connectivity index (χ4v) is 6.38. The number of hydrogen-bond acceptors (Lipinski definition) is 0. The van der Waals surface area contributed by atoms with Gasteiger partial charge < -0.3 is 0 Å². The minimum atomic E-state index is 1.23. The van der Waals surface area contributed by atoms with Crippen LogP contribution in [0.3, 0.4) is 0 Å². The summed E-state index contributed by atoms with van der Waals surface area (Å²) < 4.78 is 0. The standard InChI is InChI=1S/C40H26/c1-2-10-27(11-3-1)28-18-21-30(22-19-28)39-35-14-6-8-16-37(35)40(38-17-9-7-15-36(38)39)32-24-25-34-31(26-32)23-20-29-12-4-5-13-33(29)34/h1-26H. The summed E-state index contributed by atoms with van der Waals surface area (Å²) in [6.07, 6.45) is 0. The first-order chi connectivity index (χ1) is 19.8. The third-order valence-electron chi connectivity index (χ3n) is 8.25. The van der Waals surface area contributed by atoms with Gasteiger partial charge in [-0.3, -0.25) is 0 Å². The Balaban J connectivity index is 1.38. The quantitative estimate of drug-likeness (QED) is 0.165. The molecule has 0 heterocycles. The highest BCUT2D eigenvalue weighted by atomic mass is 14.2. The highest BCUT2D eigenvalue weighted by molar-refractivity contribution is 6.22. The summed E-state index contributed by atoms with van der Waals surface area (Å²) in [7, 11) is 0. The molecule has 8 rings (SSSR count). The smallest absolute Gasteiger partial charge is 0.00262 e. The van der Waals surface area contributed by atoms with Crippen LogP contribution in [0.4, 0.5) is 0 Å². The van der Waals surface area contributed by atoms with E-state index in [4.69, 9.17) is 0 Å². The van der Waals surface area contributed by atoms with Crippen LogP contribution in [0.5, 0.6) is 0 Å². The van der Waals surface area contributed by atoms with E-state index < -0.39 is 0 Å². The van der Waals surface area contributed by atoms with Crippen LogP contribution in [0.2, 0.25) is 0 Å². The minimum absolute atomic E-state index is 1.23. The van der Waals surface area contributed by atoms with Crippen LogP contribution in [0.15, 0.2) is 158 Å². The number of benzene rings is 8. The maximum absolute atomic E-state index is 2.37. The van der Waals surface area contributed by atoms with Crippen molar-refractivity contribution in [1.29, 1.82) is 0 Å². The molecule has 186 valence electrons. The highest BCUT2D eigenvalue weighted by Gasteiger charge is 2.17. The molecule has 0 spiro atoms. The number of hydrogen-bond donors (Lipinski definition) is 0. The van der Waals surface area contributed by atoms with Crippen LogP contribution in [0, 0.1) is 0 Å². The van der Waals surface area contributed by atoms with E-state index in [0.29, 0.717) is 0 Å². The largest absolute Gasteiger partial charge is 0.0622 e. The van der Waals surface area contributed by atoms with Gasteiger partial charge in [-0.2, -0.15) is 0 Å². The van der Waals surface area contributed by atoms with Crippen LogP contribution >= 0.6 is 0 Å². The van der Waals surface area contributed by atoms with E-state index in [1.54, 1.807) is 0 Å². The van der Waals surface area contributed by atoms with E-state index in [1.807, 2.05) is 0 Å². The topological polar surface area (TPSA) is 0 Å². The first-order valence-corrected chi connectivity index (χ1v) is 13.9. The predicted molar refractivity (Wildman–Crippen MR) is 173 cm³/mol. The summed E-state index contributed by atoms with van der Waals surface area (Å²) in [5.41, 5.74) is 7.55. The van der Waals surface area contributed by atoms with Gasteiger partial charge in [0.05, 0.1) is 0 Å². The Morgan fingerprint density at radius 2 is 0.650 bits per heavy atom. The Hall–Kier alpha value is -5.20. The van der Waals surface area contributed by atoms with Gasteiger partial charge in [0.25, 0.3) is 0 Å². The normalized spacial score (nSPS) is 11.5. The van der Waals surface area contributed by atoms with E-state index in [2.05, 4.69) is 158 Å². The van der Waals surface area contributed by atoms with Crippen molar-refractivity contribution in [3.63, 3.8) is 0 Å². The van der Waals surface area contributed by atoms with Crippen LogP contribution in [-0.4, -0.2) is 0 Å². The molecule has 0 saturated heterocycles. The second-order valence-corrected chi connectivity index (χ2v) is 10.5. The lowest BCUT2D eigenvalue weighted by molar-refractivity contribution is 1.61. The van der Waals surface area contributed by atoms with Crippen molar-refractivity contribution in [2.45, 2.75) is 0 Å². The van der Waals surface area contributed by atoms with E-state index in [1.165, 1.54) is 76.5 Å². The van der Waals surface area contributed by atoms with Crippen molar-refractivity contribution in [2.75, 3.05) is 0 Å². The minimum Gasteiger partial charge on any atom is -0.0622 e. The van der Waals surface area contributed by atoms with Crippen LogP contribution in [-0.2, 0) is 0 Å². The summed E-state index contributed by atoms with van der Waals surface area (Å²) in [4.78, 5) is 0. The van der Waals surface area contributed by atoms with Crippen molar-refractivity contribution in [3.05, 3.63) is 158 Å². The zero-order valence-electron chi connectivity index (χ0n) is 22.0. The molecule has 0 aromatic heterocycles. The molecule has 8 aromatic carbocycles. The first-order valence-electron chi connectivity index (χ1n) is 13.9. The first kappa shape index (κ1) is 22.8. The van der Waals surface area contributed by atoms with E-state index in [0.717, 1.165) is 0 Å². The molecule has 0 unspecified atom stereocenters. The lowest BCUT2D eigenvalue weighted by Crippen LogP contribution is -1.91. The third kappa shape index (κ3) is 3.61. The molecule has 0 heteroatoms. The van der Waals surface area contributed by atoms with Gasteiger partial charge >= 0.3 is 0 Å². The fraction of sp³-hybridized carbons (Fsp3) is 0. The summed E-state index contributed by atoms with van der Waals surface area (Å²) in [5.74, 6) is 0. The molecular formula is C40H26. The van der Waals surface area contributed by atoms with Gasteiger partial charge in [-0.25, -0.2) is 0 Å². The van der Waals surface area contributed by atoms with Crippen molar-refractivity contribution in [3.8, 4) is 33.4 Å². The average Bonchev–Trinajstić information content (AvgIpc) is 3.04. The van der Waals surface area contributed by atoms with Gasteiger partial charge in [0.15, 0.2) is 0 Å². The zero-order valence-corrected chi connectivity index (χ0v) is 22.0. The molecule has 0 fully saturated rings. The summed E-state index contributed by atoms with van der Waals surface area (Å²) >= 11 is 0. The average molecular weight is 507 g/mol. The molecule has 0 bridgehead atoms. The monoisotopic (exact) mass is 506 g/mol. The van der Waals surface area contributed by atoms with E-state index in [-0.39, 0.29) is 0 Å². The molecule has 40 heavy (non-hydrogen) atoms.